The van der Waals surface area contributed by atoms with Crippen LogP contribution in [0.4, 0.5) is 5.95 Å². The van der Waals surface area contributed by atoms with Gasteiger partial charge in [-0.05, 0) is 19.9 Å². The first-order chi connectivity index (χ1) is 7.15. The van der Waals surface area contributed by atoms with Gasteiger partial charge in [-0.25, -0.2) is 9.97 Å². The highest BCUT2D eigenvalue weighted by molar-refractivity contribution is 5.33. The van der Waals surface area contributed by atoms with Crippen LogP contribution in [0.5, 0.6) is 0 Å². The van der Waals surface area contributed by atoms with Gasteiger partial charge in [0.25, 0.3) is 0 Å². The minimum absolute atomic E-state index is 0.100. The first kappa shape index (κ1) is 11.0. The van der Waals surface area contributed by atoms with Crippen molar-refractivity contribution in [3.63, 3.8) is 0 Å². The number of aromatic nitrogens is 2. The van der Waals surface area contributed by atoms with E-state index in [9.17, 15) is 0 Å². The van der Waals surface area contributed by atoms with E-state index in [1.54, 1.807) is 6.07 Å². The number of aryl methyl sites for hydroxylation is 1. The van der Waals surface area contributed by atoms with Crippen LogP contribution in [-0.4, -0.2) is 16.0 Å². The van der Waals surface area contributed by atoms with E-state index in [1.807, 2.05) is 19.9 Å². The molecule has 1 heterocycles. The van der Waals surface area contributed by atoms with Gasteiger partial charge in [0.2, 0.25) is 5.95 Å². The molecule has 1 N–H and O–H groups in total. The Balaban J connectivity index is 2.83. The van der Waals surface area contributed by atoms with E-state index in [0.29, 0.717) is 18.1 Å². The van der Waals surface area contributed by atoms with Crippen LogP contribution in [0.3, 0.4) is 0 Å². The molecule has 0 aliphatic rings. The van der Waals surface area contributed by atoms with Crippen molar-refractivity contribution in [3.8, 4) is 18.4 Å². The van der Waals surface area contributed by atoms with Gasteiger partial charge in [-0.2, -0.15) is 5.26 Å². The highest BCUT2D eigenvalue weighted by atomic mass is 15.1. The summed E-state index contributed by atoms with van der Waals surface area (Å²) in [6.07, 6.45) is 5.78. The van der Waals surface area contributed by atoms with E-state index in [1.165, 1.54) is 0 Å². The minimum atomic E-state index is 0.100. The molecule has 0 amide bonds. The maximum absolute atomic E-state index is 8.72. The maximum Gasteiger partial charge on any atom is 0.224 e. The quantitative estimate of drug-likeness (QED) is 0.751. The molecule has 0 bridgehead atoms. The molecule has 4 heteroatoms. The summed E-state index contributed by atoms with van der Waals surface area (Å²) in [6, 6.07) is 3.72. The number of anilines is 1. The summed E-state index contributed by atoms with van der Waals surface area (Å²) < 4.78 is 0. The van der Waals surface area contributed by atoms with Crippen LogP contribution in [0.1, 0.15) is 24.7 Å². The molecule has 0 saturated carbocycles. The summed E-state index contributed by atoms with van der Waals surface area (Å²) >= 11 is 0. The molecule has 15 heavy (non-hydrogen) atoms. The topological polar surface area (TPSA) is 61.6 Å². The van der Waals surface area contributed by atoms with Crippen LogP contribution in [0, 0.1) is 30.6 Å². The Labute approximate surface area is 89.4 Å². The molecule has 4 nitrogen and oxygen atoms in total. The number of terminal acetylenes is 1. The second kappa shape index (κ2) is 4.97. The summed E-state index contributed by atoms with van der Waals surface area (Å²) in [5.74, 6) is 3.00. The first-order valence-electron chi connectivity index (χ1n) is 4.61. The number of rotatable bonds is 3. The van der Waals surface area contributed by atoms with Crippen molar-refractivity contribution in [1.82, 2.24) is 9.97 Å². The second-order valence-electron chi connectivity index (χ2n) is 3.28. The van der Waals surface area contributed by atoms with Gasteiger partial charge in [-0.1, -0.05) is 0 Å². The molecule has 76 valence electrons. The van der Waals surface area contributed by atoms with Crippen molar-refractivity contribution in [2.75, 3.05) is 5.32 Å². The zero-order valence-corrected chi connectivity index (χ0v) is 8.78. The van der Waals surface area contributed by atoms with E-state index in [0.717, 1.165) is 5.69 Å². The zero-order valence-electron chi connectivity index (χ0n) is 8.78. The van der Waals surface area contributed by atoms with Gasteiger partial charge >= 0.3 is 0 Å². The van der Waals surface area contributed by atoms with Gasteiger partial charge in [0, 0.05) is 18.2 Å². The molecule has 0 radical (unpaired) electrons. The largest absolute Gasteiger partial charge is 0.351 e. The van der Waals surface area contributed by atoms with Crippen molar-refractivity contribution in [3.05, 3.63) is 17.5 Å². The lowest BCUT2D eigenvalue weighted by Gasteiger charge is -2.10. The number of hydrogen-bond acceptors (Lipinski definition) is 4. The molecular formula is C11H12N4. The summed E-state index contributed by atoms with van der Waals surface area (Å²) in [5.41, 5.74) is 1.12. The number of nitriles is 1. The average molecular weight is 200 g/mol. The molecule has 0 saturated heterocycles. The Morgan fingerprint density at radius 2 is 2.33 bits per heavy atom. The monoisotopic (exact) mass is 200 g/mol. The van der Waals surface area contributed by atoms with Crippen molar-refractivity contribution in [2.45, 2.75) is 26.3 Å². The van der Waals surface area contributed by atoms with Gasteiger partial charge in [0.15, 0.2) is 0 Å². The molecule has 0 aliphatic carbocycles. The third-order valence-electron chi connectivity index (χ3n) is 1.77. The van der Waals surface area contributed by atoms with Crippen molar-refractivity contribution >= 4 is 5.95 Å². The molecular weight excluding hydrogens is 188 g/mol. The SMILES string of the molecule is C#CCC(C)Nc1nc(C)cc(C#N)n1. The normalized spacial score (nSPS) is 11.2. The Bertz CT molecular complexity index is 425. The average Bonchev–Trinajstić information content (AvgIpc) is 2.17. The molecule has 1 aromatic heterocycles. The Kier molecular flexibility index (Phi) is 3.65. The predicted molar refractivity (Wildman–Crippen MR) is 58.0 cm³/mol. The molecule has 1 atom stereocenters. The standard InChI is InChI=1S/C11H12N4/c1-4-5-8(2)13-11-14-9(3)6-10(7-12)15-11/h1,6,8H,5H2,2-3H3,(H,13,14,15). The van der Waals surface area contributed by atoms with Crippen LogP contribution in [0.25, 0.3) is 0 Å². The van der Waals surface area contributed by atoms with Crippen molar-refractivity contribution in [2.24, 2.45) is 0 Å². The van der Waals surface area contributed by atoms with Gasteiger partial charge in [-0.3, -0.25) is 0 Å². The third-order valence-corrected chi connectivity index (χ3v) is 1.77. The first-order valence-corrected chi connectivity index (χ1v) is 4.61. The summed E-state index contributed by atoms with van der Waals surface area (Å²) in [5, 5.41) is 11.8. The fourth-order valence-corrected chi connectivity index (χ4v) is 1.14. The van der Waals surface area contributed by atoms with E-state index in [2.05, 4.69) is 21.2 Å². The Morgan fingerprint density at radius 1 is 1.60 bits per heavy atom. The zero-order chi connectivity index (χ0) is 11.3. The van der Waals surface area contributed by atoms with Crippen LogP contribution in [0.2, 0.25) is 0 Å². The maximum atomic E-state index is 8.72. The fraction of sp³-hybridized carbons (Fsp3) is 0.364. The van der Waals surface area contributed by atoms with Crippen molar-refractivity contribution < 1.29 is 0 Å². The number of nitrogens with zero attached hydrogens (tertiary/aromatic N) is 3. The van der Waals surface area contributed by atoms with E-state index >= 15 is 0 Å². The predicted octanol–water partition coefficient (Wildman–Crippen LogP) is 1.48. The van der Waals surface area contributed by atoms with E-state index in [-0.39, 0.29) is 6.04 Å². The Morgan fingerprint density at radius 3 is 2.93 bits per heavy atom. The summed E-state index contributed by atoms with van der Waals surface area (Å²) in [4.78, 5) is 8.18. The van der Waals surface area contributed by atoms with Gasteiger partial charge in [0.05, 0.1) is 0 Å². The molecule has 1 unspecified atom stereocenters. The van der Waals surface area contributed by atoms with Gasteiger partial charge < -0.3 is 5.32 Å². The fourth-order valence-electron chi connectivity index (χ4n) is 1.14. The minimum Gasteiger partial charge on any atom is -0.351 e. The summed E-state index contributed by atoms with van der Waals surface area (Å²) in [6.45, 7) is 3.76. The smallest absolute Gasteiger partial charge is 0.224 e. The van der Waals surface area contributed by atoms with Crippen LogP contribution in [0.15, 0.2) is 6.07 Å². The lowest BCUT2D eigenvalue weighted by Crippen LogP contribution is -2.16. The lowest BCUT2D eigenvalue weighted by atomic mass is 10.2. The Hall–Kier alpha value is -2.07. The molecule has 0 fully saturated rings. The van der Waals surface area contributed by atoms with E-state index < -0.39 is 0 Å². The van der Waals surface area contributed by atoms with Crippen molar-refractivity contribution in [1.29, 1.82) is 5.26 Å². The third kappa shape index (κ3) is 3.28. The lowest BCUT2D eigenvalue weighted by molar-refractivity contribution is 0.809. The molecule has 1 aromatic rings. The van der Waals surface area contributed by atoms with Gasteiger partial charge in [0.1, 0.15) is 11.8 Å². The molecule has 0 aromatic carbocycles. The van der Waals surface area contributed by atoms with Crippen LogP contribution < -0.4 is 5.32 Å². The summed E-state index contributed by atoms with van der Waals surface area (Å²) in [7, 11) is 0. The molecule has 1 rings (SSSR count). The highest BCUT2D eigenvalue weighted by Gasteiger charge is 2.04. The highest BCUT2D eigenvalue weighted by Crippen LogP contribution is 2.06. The van der Waals surface area contributed by atoms with Crippen LogP contribution >= 0.6 is 0 Å². The van der Waals surface area contributed by atoms with E-state index in [4.69, 9.17) is 11.7 Å². The van der Waals surface area contributed by atoms with Crippen LogP contribution in [-0.2, 0) is 0 Å². The number of hydrogen-bond donors (Lipinski definition) is 1. The number of nitrogens with one attached hydrogen (secondary N) is 1. The molecule has 0 spiro atoms. The van der Waals surface area contributed by atoms with Gasteiger partial charge in [-0.15, -0.1) is 12.3 Å². The second-order valence-corrected chi connectivity index (χ2v) is 3.28. The molecule has 0 aliphatic heterocycles.